The van der Waals surface area contributed by atoms with Crippen LogP contribution in [0.5, 0.6) is 0 Å². The summed E-state index contributed by atoms with van der Waals surface area (Å²) in [6.45, 7) is 8.56. The summed E-state index contributed by atoms with van der Waals surface area (Å²) < 4.78 is 11.9. The van der Waals surface area contributed by atoms with Crippen molar-refractivity contribution >= 4 is 0 Å². The first-order valence-electron chi connectivity index (χ1n) is 9.45. The van der Waals surface area contributed by atoms with Crippen molar-refractivity contribution in [2.24, 2.45) is 0 Å². The van der Waals surface area contributed by atoms with E-state index in [9.17, 15) is 0 Å². The second-order valence-corrected chi connectivity index (χ2v) is 6.57. The van der Waals surface area contributed by atoms with Crippen LogP contribution in [0.4, 0.5) is 0 Å². The lowest BCUT2D eigenvalue weighted by Gasteiger charge is -2.47. The molecule has 0 bridgehead atoms. The van der Waals surface area contributed by atoms with Crippen LogP contribution < -0.4 is 0 Å². The summed E-state index contributed by atoms with van der Waals surface area (Å²) in [4.78, 5) is 0. The summed E-state index contributed by atoms with van der Waals surface area (Å²) in [7, 11) is 3.49. The maximum absolute atomic E-state index is 5.95. The Kier molecular flexibility index (Phi) is 9.31. The minimum atomic E-state index is -0.681. The smallest absolute Gasteiger partial charge is 0.180 e. The van der Waals surface area contributed by atoms with E-state index in [1.54, 1.807) is 14.2 Å². The van der Waals surface area contributed by atoms with Crippen LogP contribution in [0.3, 0.4) is 0 Å². The number of hydrogen-bond donors (Lipinski definition) is 0. The molecule has 0 saturated heterocycles. The van der Waals surface area contributed by atoms with Gasteiger partial charge < -0.3 is 9.47 Å². The molecule has 1 unspecified atom stereocenters. The SMILES string of the molecule is C=CC(CCCCCCCC)(c1ccccc1)C(CC)(OC)OC. The fourth-order valence-corrected chi connectivity index (χ4v) is 3.90. The maximum atomic E-state index is 5.95. The Balaban J connectivity index is 3.04. The number of ether oxygens (including phenoxy) is 2. The lowest BCUT2D eigenvalue weighted by molar-refractivity contribution is -0.244. The number of unbranched alkanes of at least 4 members (excludes halogenated alkanes) is 5. The van der Waals surface area contributed by atoms with Crippen LogP contribution in [-0.2, 0) is 14.9 Å². The zero-order valence-corrected chi connectivity index (χ0v) is 16.1. The molecule has 0 heterocycles. The average molecular weight is 333 g/mol. The Morgan fingerprint density at radius 2 is 1.50 bits per heavy atom. The molecule has 0 aromatic heterocycles. The number of benzene rings is 1. The summed E-state index contributed by atoms with van der Waals surface area (Å²) >= 11 is 0. The molecule has 0 saturated carbocycles. The van der Waals surface area contributed by atoms with E-state index in [0.29, 0.717) is 0 Å². The first-order chi connectivity index (χ1) is 11.7. The number of methoxy groups -OCH3 is 2. The van der Waals surface area contributed by atoms with Crippen LogP contribution in [-0.4, -0.2) is 20.0 Å². The molecule has 24 heavy (non-hydrogen) atoms. The van der Waals surface area contributed by atoms with E-state index in [2.05, 4.69) is 50.8 Å². The van der Waals surface area contributed by atoms with E-state index in [-0.39, 0.29) is 5.41 Å². The van der Waals surface area contributed by atoms with Gasteiger partial charge in [0.05, 0.1) is 5.41 Å². The Hall–Kier alpha value is -1.12. The van der Waals surface area contributed by atoms with Gasteiger partial charge in [-0.3, -0.25) is 0 Å². The zero-order chi connectivity index (χ0) is 17.9. The summed E-state index contributed by atoms with van der Waals surface area (Å²) in [5, 5.41) is 0. The van der Waals surface area contributed by atoms with Crippen LogP contribution in [0.2, 0.25) is 0 Å². The quantitative estimate of drug-likeness (QED) is 0.241. The normalized spacial score (nSPS) is 14.3. The lowest BCUT2D eigenvalue weighted by atomic mass is 9.68. The largest absolute Gasteiger partial charge is 0.352 e. The highest BCUT2D eigenvalue weighted by Gasteiger charge is 2.50. The second kappa shape index (κ2) is 10.7. The fraction of sp³-hybridized carbons (Fsp3) is 0.636. The molecule has 0 aliphatic carbocycles. The van der Waals surface area contributed by atoms with Crippen LogP contribution >= 0.6 is 0 Å². The molecule has 0 aliphatic heterocycles. The Morgan fingerprint density at radius 1 is 0.917 bits per heavy atom. The average Bonchev–Trinajstić information content (AvgIpc) is 2.65. The molecule has 2 heteroatoms. The molecule has 1 aromatic rings. The molecule has 1 rings (SSSR count). The molecule has 0 spiro atoms. The van der Waals surface area contributed by atoms with E-state index >= 15 is 0 Å². The second-order valence-electron chi connectivity index (χ2n) is 6.57. The first-order valence-corrected chi connectivity index (χ1v) is 9.45. The van der Waals surface area contributed by atoms with Gasteiger partial charge in [0.2, 0.25) is 0 Å². The van der Waals surface area contributed by atoms with Gasteiger partial charge in [0, 0.05) is 14.2 Å². The van der Waals surface area contributed by atoms with Gasteiger partial charge in [0.15, 0.2) is 5.79 Å². The summed E-state index contributed by atoms with van der Waals surface area (Å²) in [5.74, 6) is -0.681. The molecule has 0 aliphatic rings. The highest BCUT2D eigenvalue weighted by molar-refractivity contribution is 5.34. The van der Waals surface area contributed by atoms with Gasteiger partial charge in [-0.2, -0.15) is 0 Å². The number of hydrogen-bond acceptors (Lipinski definition) is 2. The minimum Gasteiger partial charge on any atom is -0.352 e. The standard InChI is InChI=1S/C22H36O2/c1-6-9-10-11-12-16-19-21(7-2,20-17-14-13-15-18-20)22(8-3,23-4)24-5/h7,13-15,17-18H,2,6,8-12,16,19H2,1,3-5H3. The molecule has 2 nitrogen and oxygen atoms in total. The van der Waals surface area contributed by atoms with Gasteiger partial charge in [0.1, 0.15) is 0 Å². The molecule has 0 N–H and O–H groups in total. The van der Waals surface area contributed by atoms with Crippen molar-refractivity contribution in [1.29, 1.82) is 0 Å². The lowest BCUT2D eigenvalue weighted by Crippen LogP contribution is -2.53. The Labute approximate surface area is 149 Å². The van der Waals surface area contributed by atoms with Crippen LogP contribution in [0.25, 0.3) is 0 Å². The zero-order valence-electron chi connectivity index (χ0n) is 16.1. The van der Waals surface area contributed by atoms with Crippen molar-refractivity contribution in [1.82, 2.24) is 0 Å². The van der Waals surface area contributed by atoms with Crippen molar-refractivity contribution in [3.63, 3.8) is 0 Å². The minimum absolute atomic E-state index is 0.336. The van der Waals surface area contributed by atoms with Gasteiger partial charge in [-0.1, -0.05) is 88.8 Å². The predicted octanol–water partition coefficient (Wildman–Crippen LogP) is 6.26. The van der Waals surface area contributed by atoms with Crippen molar-refractivity contribution in [3.05, 3.63) is 48.6 Å². The van der Waals surface area contributed by atoms with E-state index in [0.717, 1.165) is 19.3 Å². The molecular weight excluding hydrogens is 296 g/mol. The highest BCUT2D eigenvalue weighted by Crippen LogP contribution is 2.45. The molecule has 1 aromatic carbocycles. The van der Waals surface area contributed by atoms with Crippen LogP contribution in [0.1, 0.15) is 70.8 Å². The van der Waals surface area contributed by atoms with Gasteiger partial charge in [0.25, 0.3) is 0 Å². The van der Waals surface area contributed by atoms with E-state index in [1.165, 1.54) is 37.7 Å². The van der Waals surface area contributed by atoms with Crippen LogP contribution in [0.15, 0.2) is 43.0 Å². The topological polar surface area (TPSA) is 18.5 Å². The van der Waals surface area contributed by atoms with Crippen molar-refractivity contribution in [3.8, 4) is 0 Å². The monoisotopic (exact) mass is 332 g/mol. The maximum Gasteiger partial charge on any atom is 0.180 e. The third kappa shape index (κ3) is 4.49. The van der Waals surface area contributed by atoms with Crippen molar-refractivity contribution < 1.29 is 9.47 Å². The molecule has 136 valence electrons. The number of rotatable bonds is 13. The molecule has 0 radical (unpaired) electrons. The van der Waals surface area contributed by atoms with Gasteiger partial charge in [-0.05, 0) is 18.4 Å². The highest BCUT2D eigenvalue weighted by atomic mass is 16.7. The van der Waals surface area contributed by atoms with Gasteiger partial charge in [-0.25, -0.2) is 0 Å². The van der Waals surface area contributed by atoms with E-state index < -0.39 is 5.79 Å². The Morgan fingerprint density at radius 3 is 2.00 bits per heavy atom. The van der Waals surface area contributed by atoms with E-state index in [4.69, 9.17) is 9.47 Å². The third-order valence-electron chi connectivity index (χ3n) is 5.37. The van der Waals surface area contributed by atoms with Crippen LogP contribution in [0, 0.1) is 0 Å². The first kappa shape index (κ1) is 20.9. The van der Waals surface area contributed by atoms with Crippen molar-refractivity contribution in [2.75, 3.05) is 14.2 Å². The van der Waals surface area contributed by atoms with Crippen molar-refractivity contribution in [2.45, 2.75) is 76.4 Å². The summed E-state index contributed by atoms with van der Waals surface area (Å²) in [6.07, 6.45) is 11.5. The molecular formula is C22H36O2. The van der Waals surface area contributed by atoms with Gasteiger partial charge >= 0.3 is 0 Å². The van der Waals surface area contributed by atoms with Gasteiger partial charge in [-0.15, -0.1) is 6.58 Å². The Bertz CT molecular complexity index is 442. The predicted molar refractivity (Wildman–Crippen MR) is 103 cm³/mol. The molecule has 0 fully saturated rings. The molecule has 1 atom stereocenters. The third-order valence-corrected chi connectivity index (χ3v) is 5.37. The fourth-order valence-electron chi connectivity index (χ4n) is 3.90. The van der Waals surface area contributed by atoms with E-state index in [1.807, 2.05) is 6.08 Å². The molecule has 0 amide bonds. The summed E-state index contributed by atoms with van der Waals surface area (Å²) in [5.41, 5.74) is 0.885. The summed E-state index contributed by atoms with van der Waals surface area (Å²) in [6, 6.07) is 10.6.